The van der Waals surface area contributed by atoms with Crippen molar-refractivity contribution in [1.29, 1.82) is 0 Å². The summed E-state index contributed by atoms with van der Waals surface area (Å²) in [4.78, 5) is 12.2. The number of hydrogen-bond acceptors (Lipinski definition) is 3. The van der Waals surface area contributed by atoms with Crippen LogP contribution in [-0.2, 0) is 0 Å². The van der Waals surface area contributed by atoms with Crippen molar-refractivity contribution in [2.75, 3.05) is 13.7 Å². The van der Waals surface area contributed by atoms with E-state index in [1.807, 2.05) is 0 Å². The van der Waals surface area contributed by atoms with Gasteiger partial charge in [0.05, 0.1) is 12.7 Å². The van der Waals surface area contributed by atoms with Crippen molar-refractivity contribution in [1.82, 2.24) is 10.6 Å². The Morgan fingerprint density at radius 2 is 2.32 bits per heavy atom. The van der Waals surface area contributed by atoms with Crippen LogP contribution in [0.5, 0.6) is 5.75 Å². The summed E-state index contributed by atoms with van der Waals surface area (Å²) in [5.41, 5.74) is 0.244. The normalized spacial score (nSPS) is 22.9. The number of piperidine rings is 1. The molecule has 4 nitrogen and oxygen atoms in total. The number of ether oxygens (including phenoxy) is 1. The van der Waals surface area contributed by atoms with E-state index in [0.29, 0.717) is 11.8 Å². The van der Waals surface area contributed by atoms with E-state index in [0.717, 1.165) is 19.4 Å². The zero-order valence-corrected chi connectivity index (χ0v) is 11.2. The quantitative estimate of drug-likeness (QED) is 0.875. The topological polar surface area (TPSA) is 50.4 Å². The third kappa shape index (κ3) is 3.44. The van der Waals surface area contributed by atoms with E-state index in [2.05, 4.69) is 17.6 Å². The van der Waals surface area contributed by atoms with Crippen molar-refractivity contribution in [3.63, 3.8) is 0 Å². The van der Waals surface area contributed by atoms with Gasteiger partial charge in [0.1, 0.15) is 11.6 Å². The van der Waals surface area contributed by atoms with Crippen LogP contribution in [0.1, 0.15) is 30.1 Å². The first kappa shape index (κ1) is 13.8. The number of methoxy groups -OCH3 is 1. The molecule has 1 amide bonds. The third-order valence-electron chi connectivity index (χ3n) is 3.37. The number of nitrogens with one attached hydrogen (secondary N) is 2. The van der Waals surface area contributed by atoms with Gasteiger partial charge in [-0.1, -0.05) is 0 Å². The molecule has 1 heterocycles. The standard InChI is InChI=1S/C14H19FN2O2/c1-9-7-11(5-6-16-9)17-14(18)12-8-10(15)3-4-13(12)19-2/h3-4,8-9,11,16H,5-7H2,1-2H3,(H,17,18). The molecule has 1 saturated heterocycles. The van der Waals surface area contributed by atoms with E-state index in [1.165, 1.54) is 25.3 Å². The van der Waals surface area contributed by atoms with Gasteiger partial charge in [-0.2, -0.15) is 0 Å². The SMILES string of the molecule is COc1ccc(F)cc1C(=O)NC1CCNC(C)C1. The summed E-state index contributed by atoms with van der Waals surface area (Å²) >= 11 is 0. The molecule has 2 N–H and O–H groups in total. The van der Waals surface area contributed by atoms with Crippen LogP contribution in [0.3, 0.4) is 0 Å². The first-order valence-corrected chi connectivity index (χ1v) is 6.48. The van der Waals surface area contributed by atoms with Crippen molar-refractivity contribution in [2.24, 2.45) is 0 Å². The van der Waals surface area contributed by atoms with Gasteiger partial charge in [0, 0.05) is 12.1 Å². The minimum Gasteiger partial charge on any atom is -0.496 e. The van der Waals surface area contributed by atoms with Crippen LogP contribution in [0.4, 0.5) is 4.39 Å². The van der Waals surface area contributed by atoms with E-state index in [-0.39, 0.29) is 17.5 Å². The van der Waals surface area contributed by atoms with Crippen molar-refractivity contribution >= 4 is 5.91 Å². The van der Waals surface area contributed by atoms with E-state index in [1.54, 1.807) is 0 Å². The van der Waals surface area contributed by atoms with Gasteiger partial charge in [-0.25, -0.2) is 4.39 Å². The summed E-state index contributed by atoms with van der Waals surface area (Å²) in [6.45, 7) is 2.97. The monoisotopic (exact) mass is 266 g/mol. The maximum Gasteiger partial charge on any atom is 0.255 e. The summed E-state index contributed by atoms with van der Waals surface area (Å²) < 4.78 is 18.3. The van der Waals surface area contributed by atoms with Crippen molar-refractivity contribution in [3.05, 3.63) is 29.6 Å². The number of hydrogen-bond donors (Lipinski definition) is 2. The minimum atomic E-state index is -0.440. The largest absolute Gasteiger partial charge is 0.496 e. The number of rotatable bonds is 3. The van der Waals surface area contributed by atoms with Crippen LogP contribution in [0, 0.1) is 5.82 Å². The molecule has 1 aliphatic heterocycles. The second-order valence-electron chi connectivity index (χ2n) is 4.89. The lowest BCUT2D eigenvalue weighted by atomic mass is 10.00. The third-order valence-corrected chi connectivity index (χ3v) is 3.37. The Morgan fingerprint density at radius 3 is 3.00 bits per heavy atom. The van der Waals surface area contributed by atoms with Gasteiger partial charge < -0.3 is 15.4 Å². The summed E-state index contributed by atoms with van der Waals surface area (Å²) in [7, 11) is 1.47. The van der Waals surface area contributed by atoms with Gasteiger partial charge in [0.2, 0.25) is 0 Å². The van der Waals surface area contributed by atoms with Gasteiger partial charge >= 0.3 is 0 Å². The molecule has 1 fully saturated rings. The molecule has 0 aromatic heterocycles. The highest BCUT2D eigenvalue weighted by molar-refractivity contribution is 5.97. The lowest BCUT2D eigenvalue weighted by molar-refractivity contribution is 0.0922. The predicted octanol–water partition coefficient (Wildman–Crippen LogP) is 1.70. The predicted molar refractivity (Wildman–Crippen MR) is 70.9 cm³/mol. The molecule has 0 saturated carbocycles. The highest BCUT2D eigenvalue weighted by atomic mass is 19.1. The first-order chi connectivity index (χ1) is 9.10. The molecule has 19 heavy (non-hydrogen) atoms. The van der Waals surface area contributed by atoms with Gasteiger partial charge in [-0.3, -0.25) is 4.79 Å². The fourth-order valence-corrected chi connectivity index (χ4v) is 2.38. The Hall–Kier alpha value is -1.62. The van der Waals surface area contributed by atoms with Crippen LogP contribution < -0.4 is 15.4 Å². The molecule has 2 atom stereocenters. The second-order valence-corrected chi connectivity index (χ2v) is 4.89. The van der Waals surface area contributed by atoms with E-state index in [9.17, 15) is 9.18 Å². The molecule has 1 aromatic rings. The number of carbonyl (C=O) groups excluding carboxylic acids is 1. The van der Waals surface area contributed by atoms with Gasteiger partial charge in [0.15, 0.2) is 0 Å². The molecular weight excluding hydrogens is 247 g/mol. The molecule has 0 spiro atoms. The molecule has 2 rings (SSSR count). The lowest BCUT2D eigenvalue weighted by Crippen LogP contribution is -2.46. The number of amides is 1. The summed E-state index contributed by atoms with van der Waals surface area (Å²) in [5, 5.41) is 6.26. The maximum atomic E-state index is 13.2. The van der Waals surface area contributed by atoms with Gasteiger partial charge in [0.25, 0.3) is 5.91 Å². The Labute approximate surface area is 112 Å². The molecule has 0 bridgehead atoms. The van der Waals surface area contributed by atoms with Crippen LogP contribution in [0.15, 0.2) is 18.2 Å². The average Bonchev–Trinajstić information content (AvgIpc) is 2.38. The molecule has 0 aliphatic carbocycles. The van der Waals surface area contributed by atoms with Gasteiger partial charge in [-0.15, -0.1) is 0 Å². The van der Waals surface area contributed by atoms with Crippen molar-refractivity contribution < 1.29 is 13.9 Å². The van der Waals surface area contributed by atoms with E-state index in [4.69, 9.17) is 4.74 Å². The average molecular weight is 266 g/mol. The highest BCUT2D eigenvalue weighted by Gasteiger charge is 2.22. The maximum absolute atomic E-state index is 13.2. The number of halogens is 1. The summed E-state index contributed by atoms with van der Waals surface area (Å²) in [6, 6.07) is 4.46. The summed E-state index contributed by atoms with van der Waals surface area (Å²) in [6.07, 6.45) is 1.76. The second kappa shape index (κ2) is 6.02. The van der Waals surface area contributed by atoms with Crippen molar-refractivity contribution in [3.8, 4) is 5.75 Å². The van der Waals surface area contributed by atoms with Crippen molar-refractivity contribution in [2.45, 2.75) is 31.8 Å². The number of benzene rings is 1. The fourth-order valence-electron chi connectivity index (χ4n) is 2.38. The molecule has 1 aliphatic rings. The Bertz CT molecular complexity index is 465. The van der Waals surface area contributed by atoms with Crippen LogP contribution >= 0.6 is 0 Å². The Balaban J connectivity index is 2.09. The Morgan fingerprint density at radius 1 is 1.53 bits per heavy atom. The zero-order chi connectivity index (χ0) is 13.8. The molecule has 2 unspecified atom stereocenters. The number of carbonyl (C=O) groups is 1. The molecule has 0 radical (unpaired) electrons. The van der Waals surface area contributed by atoms with Gasteiger partial charge in [-0.05, 0) is 44.5 Å². The summed E-state index contributed by atoms with van der Waals surface area (Å²) in [5.74, 6) is -0.332. The van der Waals surface area contributed by atoms with E-state index >= 15 is 0 Å². The molecule has 1 aromatic carbocycles. The van der Waals surface area contributed by atoms with E-state index < -0.39 is 5.82 Å². The van der Waals surface area contributed by atoms with Crippen LogP contribution in [0.2, 0.25) is 0 Å². The minimum absolute atomic E-state index is 0.122. The molecule has 104 valence electrons. The highest BCUT2D eigenvalue weighted by Crippen LogP contribution is 2.20. The van der Waals surface area contributed by atoms with Crippen LogP contribution in [-0.4, -0.2) is 31.6 Å². The smallest absolute Gasteiger partial charge is 0.255 e. The zero-order valence-electron chi connectivity index (χ0n) is 11.2. The Kier molecular flexibility index (Phi) is 4.37. The van der Waals surface area contributed by atoms with Crippen LogP contribution in [0.25, 0.3) is 0 Å². The molecule has 5 heteroatoms. The fraction of sp³-hybridized carbons (Fsp3) is 0.500. The lowest BCUT2D eigenvalue weighted by Gasteiger charge is -2.28. The molecular formula is C14H19FN2O2. The first-order valence-electron chi connectivity index (χ1n) is 6.48.